The van der Waals surface area contributed by atoms with Gasteiger partial charge in [-0.3, -0.25) is 9.69 Å². The number of nitrogens with one attached hydrogen (secondary N) is 2. The summed E-state index contributed by atoms with van der Waals surface area (Å²) in [4.78, 5) is 24.1. The van der Waals surface area contributed by atoms with Crippen LogP contribution in [0.5, 0.6) is 0 Å². The number of amides is 2. The van der Waals surface area contributed by atoms with Gasteiger partial charge in [0, 0.05) is 19.0 Å². The van der Waals surface area contributed by atoms with E-state index in [1.165, 1.54) is 17.0 Å². The molecule has 1 aromatic carbocycles. The van der Waals surface area contributed by atoms with Crippen LogP contribution in [0.25, 0.3) is 0 Å². The van der Waals surface area contributed by atoms with Crippen LogP contribution < -0.4 is 10.0 Å². The first-order valence-electron chi connectivity index (χ1n) is 7.99. The van der Waals surface area contributed by atoms with Gasteiger partial charge >= 0.3 is 6.09 Å². The number of benzene rings is 1. The van der Waals surface area contributed by atoms with E-state index in [9.17, 15) is 22.4 Å². The Morgan fingerprint density at radius 3 is 2.65 bits per heavy atom. The third-order valence-corrected chi connectivity index (χ3v) is 5.14. The summed E-state index contributed by atoms with van der Waals surface area (Å²) >= 11 is 0. The molecule has 1 aliphatic heterocycles. The van der Waals surface area contributed by atoms with Crippen LogP contribution in [0.15, 0.2) is 29.2 Å². The third kappa shape index (κ3) is 5.15. The average Bonchev–Trinajstić information content (AvgIpc) is 2.88. The monoisotopic (exact) mass is 387 g/mol. The highest BCUT2D eigenvalue weighted by Crippen LogP contribution is 2.21. The summed E-state index contributed by atoms with van der Waals surface area (Å²) in [5.74, 6) is -0.671. The maximum Gasteiger partial charge on any atom is 0.411 e. The summed E-state index contributed by atoms with van der Waals surface area (Å²) in [6.45, 7) is 5.11. The average molecular weight is 387 g/mol. The molecule has 2 N–H and O–H groups in total. The van der Waals surface area contributed by atoms with Crippen molar-refractivity contribution in [1.82, 2.24) is 14.9 Å². The van der Waals surface area contributed by atoms with Crippen molar-refractivity contribution in [2.75, 3.05) is 6.54 Å². The standard InChI is InChI=1S/C16H22FN3O5S/c1-16(2,3)25-15(22)20-9-12(8-14(20)18-10-21)19-26(23,24)13-6-4-5-11(17)7-13/h4-7,10,12,14,19H,8-9H2,1-3H3,(H,18,21)/t12-,14+/m1/s1. The molecular formula is C16H22FN3O5S. The fraction of sp³-hybridized carbons (Fsp3) is 0.500. The molecule has 0 radical (unpaired) electrons. The van der Waals surface area contributed by atoms with Crippen LogP contribution >= 0.6 is 0 Å². The van der Waals surface area contributed by atoms with E-state index in [0.29, 0.717) is 6.41 Å². The van der Waals surface area contributed by atoms with Crippen LogP contribution in [-0.2, 0) is 19.6 Å². The van der Waals surface area contributed by atoms with Crippen molar-refractivity contribution >= 4 is 22.5 Å². The van der Waals surface area contributed by atoms with Crippen molar-refractivity contribution in [2.24, 2.45) is 0 Å². The number of ether oxygens (including phenoxy) is 1. The molecule has 1 heterocycles. The summed E-state index contributed by atoms with van der Waals surface area (Å²) < 4.78 is 45.8. The van der Waals surface area contributed by atoms with Gasteiger partial charge in [0.15, 0.2) is 0 Å². The number of rotatable bonds is 5. The molecule has 2 atom stereocenters. The second kappa shape index (κ2) is 7.58. The fourth-order valence-corrected chi connectivity index (χ4v) is 3.87. The molecule has 0 unspecified atom stereocenters. The molecule has 8 nitrogen and oxygen atoms in total. The van der Waals surface area contributed by atoms with E-state index in [1.807, 2.05) is 0 Å². The van der Waals surface area contributed by atoms with Gasteiger partial charge in [0.1, 0.15) is 17.6 Å². The van der Waals surface area contributed by atoms with Gasteiger partial charge < -0.3 is 10.1 Å². The van der Waals surface area contributed by atoms with E-state index >= 15 is 0 Å². The molecule has 144 valence electrons. The normalized spacial score (nSPS) is 20.7. The van der Waals surface area contributed by atoms with E-state index in [-0.39, 0.29) is 17.9 Å². The molecule has 1 saturated heterocycles. The van der Waals surface area contributed by atoms with Crippen molar-refractivity contribution < 1.29 is 27.1 Å². The lowest BCUT2D eigenvalue weighted by molar-refractivity contribution is -0.110. The number of halogens is 1. The van der Waals surface area contributed by atoms with Crippen LogP contribution in [0.3, 0.4) is 0 Å². The van der Waals surface area contributed by atoms with Crippen molar-refractivity contribution in [3.05, 3.63) is 30.1 Å². The minimum absolute atomic E-state index is 0.00889. The lowest BCUT2D eigenvalue weighted by Gasteiger charge is -2.28. The number of carbonyl (C=O) groups excluding carboxylic acids is 2. The predicted octanol–water partition coefficient (Wildman–Crippen LogP) is 1.19. The second-order valence-corrected chi connectivity index (χ2v) is 8.66. The Bertz CT molecular complexity index is 778. The van der Waals surface area contributed by atoms with E-state index in [0.717, 1.165) is 12.1 Å². The van der Waals surface area contributed by atoms with Gasteiger partial charge in [-0.1, -0.05) is 6.07 Å². The summed E-state index contributed by atoms with van der Waals surface area (Å²) in [6.07, 6.45) is -0.773. The topological polar surface area (TPSA) is 105 Å². The van der Waals surface area contributed by atoms with Gasteiger partial charge in [0.05, 0.1) is 4.90 Å². The Hall–Kier alpha value is -2.20. The Morgan fingerprint density at radius 2 is 2.08 bits per heavy atom. The van der Waals surface area contributed by atoms with Crippen LogP contribution in [-0.4, -0.2) is 50.2 Å². The van der Waals surface area contributed by atoms with Crippen LogP contribution in [0, 0.1) is 5.82 Å². The van der Waals surface area contributed by atoms with Gasteiger partial charge in [0.2, 0.25) is 16.4 Å². The highest BCUT2D eigenvalue weighted by atomic mass is 32.2. The molecule has 1 aromatic rings. The first kappa shape index (κ1) is 20.1. The highest BCUT2D eigenvalue weighted by molar-refractivity contribution is 7.89. The summed E-state index contributed by atoms with van der Waals surface area (Å²) in [7, 11) is -3.97. The van der Waals surface area contributed by atoms with Gasteiger partial charge in [-0.25, -0.2) is 22.3 Å². The molecule has 0 spiro atoms. The Kier molecular flexibility index (Phi) is 5.87. The Labute approximate surface area is 151 Å². The maximum absolute atomic E-state index is 13.3. The Balaban J connectivity index is 2.13. The summed E-state index contributed by atoms with van der Waals surface area (Å²) in [6, 6.07) is 3.95. The van der Waals surface area contributed by atoms with Crippen molar-refractivity contribution in [3.63, 3.8) is 0 Å². The number of likely N-dealkylation sites (tertiary alicyclic amines) is 1. The molecule has 0 bridgehead atoms. The molecule has 1 aliphatic rings. The molecule has 0 aliphatic carbocycles. The molecule has 2 rings (SSSR count). The quantitative estimate of drug-likeness (QED) is 0.739. The summed E-state index contributed by atoms with van der Waals surface area (Å²) in [5, 5.41) is 2.48. The first-order chi connectivity index (χ1) is 12.0. The zero-order valence-corrected chi connectivity index (χ0v) is 15.5. The van der Waals surface area contributed by atoms with Crippen molar-refractivity contribution in [3.8, 4) is 0 Å². The Morgan fingerprint density at radius 1 is 1.38 bits per heavy atom. The number of hydrogen-bond acceptors (Lipinski definition) is 5. The molecule has 1 fully saturated rings. The second-order valence-electron chi connectivity index (χ2n) is 6.94. The third-order valence-electron chi connectivity index (χ3n) is 3.62. The summed E-state index contributed by atoms with van der Waals surface area (Å²) in [5.41, 5.74) is -0.734. The van der Waals surface area contributed by atoms with Gasteiger partial charge in [0.25, 0.3) is 0 Å². The maximum atomic E-state index is 13.3. The first-order valence-corrected chi connectivity index (χ1v) is 9.47. The van der Waals surface area contributed by atoms with Crippen LogP contribution in [0.2, 0.25) is 0 Å². The van der Waals surface area contributed by atoms with Crippen molar-refractivity contribution in [1.29, 1.82) is 0 Å². The van der Waals surface area contributed by atoms with E-state index in [2.05, 4.69) is 10.0 Å². The highest BCUT2D eigenvalue weighted by Gasteiger charge is 2.39. The molecule has 2 amide bonds. The minimum atomic E-state index is -3.97. The van der Waals surface area contributed by atoms with E-state index in [1.54, 1.807) is 20.8 Å². The SMILES string of the molecule is CC(C)(C)OC(=O)N1C[C@H](NS(=O)(=O)c2cccc(F)c2)C[C@H]1NC=O. The molecule has 0 aromatic heterocycles. The predicted molar refractivity (Wildman–Crippen MR) is 91.1 cm³/mol. The number of hydrogen-bond donors (Lipinski definition) is 2. The smallest absolute Gasteiger partial charge is 0.411 e. The van der Waals surface area contributed by atoms with Gasteiger partial charge in [-0.15, -0.1) is 0 Å². The number of nitrogens with zero attached hydrogens (tertiary/aromatic N) is 1. The van der Waals surface area contributed by atoms with Gasteiger partial charge in [-0.05, 0) is 39.0 Å². The zero-order chi connectivity index (χ0) is 19.5. The molecule has 0 saturated carbocycles. The number of sulfonamides is 1. The van der Waals surface area contributed by atoms with Crippen LogP contribution in [0.1, 0.15) is 27.2 Å². The molecular weight excluding hydrogens is 365 g/mol. The zero-order valence-electron chi connectivity index (χ0n) is 14.7. The number of carbonyl (C=O) groups is 2. The van der Waals surface area contributed by atoms with E-state index < -0.39 is 39.7 Å². The lowest BCUT2D eigenvalue weighted by Crippen LogP contribution is -2.46. The van der Waals surface area contributed by atoms with Crippen molar-refractivity contribution in [2.45, 2.75) is 49.9 Å². The van der Waals surface area contributed by atoms with E-state index in [4.69, 9.17) is 4.74 Å². The molecule has 26 heavy (non-hydrogen) atoms. The van der Waals surface area contributed by atoms with Crippen LogP contribution in [0.4, 0.5) is 9.18 Å². The fourth-order valence-electron chi connectivity index (χ4n) is 2.60. The molecule has 10 heteroatoms. The van der Waals surface area contributed by atoms with Gasteiger partial charge in [-0.2, -0.15) is 0 Å². The largest absolute Gasteiger partial charge is 0.444 e. The lowest BCUT2D eigenvalue weighted by atomic mass is 10.2. The minimum Gasteiger partial charge on any atom is -0.444 e.